The molecule has 0 aromatic carbocycles. The zero-order chi connectivity index (χ0) is 11.7. The van der Waals surface area contributed by atoms with Gasteiger partial charge in [0.15, 0.2) is 0 Å². The Morgan fingerprint density at radius 2 is 2.00 bits per heavy atom. The molecule has 0 radical (unpaired) electrons. The normalized spacial score (nSPS) is 32.0. The summed E-state index contributed by atoms with van der Waals surface area (Å²) in [6.07, 6.45) is 6.50. The molecule has 1 amide bonds. The number of rotatable bonds is 3. The highest BCUT2D eigenvalue weighted by Crippen LogP contribution is 2.32. The number of nitrogens with zero attached hydrogens (tertiary/aromatic N) is 1. The van der Waals surface area contributed by atoms with Gasteiger partial charge in [0.2, 0.25) is 5.91 Å². The monoisotopic (exact) mass is 224 g/mol. The summed E-state index contributed by atoms with van der Waals surface area (Å²) in [5.74, 6) is 1.56. The first-order valence-electron chi connectivity index (χ1n) is 6.62. The average molecular weight is 224 g/mol. The van der Waals surface area contributed by atoms with Gasteiger partial charge in [-0.05, 0) is 31.1 Å². The lowest BCUT2D eigenvalue weighted by atomic mass is 10.0. The van der Waals surface area contributed by atoms with Crippen molar-refractivity contribution in [1.82, 2.24) is 10.2 Å². The molecule has 0 spiro atoms. The maximum Gasteiger partial charge on any atom is 0.240 e. The van der Waals surface area contributed by atoms with Crippen LogP contribution in [-0.2, 0) is 4.79 Å². The molecule has 1 N–H and O–H groups in total. The highest BCUT2D eigenvalue weighted by molar-refractivity contribution is 5.84. The number of nitrogens with one attached hydrogen (secondary N) is 1. The van der Waals surface area contributed by atoms with Crippen molar-refractivity contribution in [2.75, 3.05) is 7.05 Å². The smallest absolute Gasteiger partial charge is 0.240 e. The standard InChI is InChI=1S/C13H24N2O/c1-9(2)8-11-13(16)15(3)12(14-11)10-6-4-5-7-10/h9-12,14H,4-8H2,1-3H3. The van der Waals surface area contributed by atoms with Gasteiger partial charge in [-0.3, -0.25) is 10.1 Å². The number of amides is 1. The zero-order valence-electron chi connectivity index (χ0n) is 10.7. The van der Waals surface area contributed by atoms with E-state index >= 15 is 0 Å². The molecule has 16 heavy (non-hydrogen) atoms. The summed E-state index contributed by atoms with van der Waals surface area (Å²) in [4.78, 5) is 14.0. The lowest BCUT2D eigenvalue weighted by Crippen LogP contribution is -2.40. The number of hydrogen-bond acceptors (Lipinski definition) is 2. The van der Waals surface area contributed by atoms with E-state index in [1.807, 2.05) is 11.9 Å². The third-order valence-corrected chi connectivity index (χ3v) is 3.99. The molecule has 2 rings (SSSR count). The SMILES string of the molecule is CC(C)CC1NC(C2CCCC2)N(C)C1=O. The van der Waals surface area contributed by atoms with Crippen LogP contribution in [-0.4, -0.2) is 30.1 Å². The van der Waals surface area contributed by atoms with E-state index in [0.717, 1.165) is 6.42 Å². The van der Waals surface area contributed by atoms with Crippen LogP contribution < -0.4 is 5.32 Å². The van der Waals surface area contributed by atoms with Gasteiger partial charge in [-0.25, -0.2) is 0 Å². The molecule has 2 atom stereocenters. The van der Waals surface area contributed by atoms with E-state index in [9.17, 15) is 4.79 Å². The van der Waals surface area contributed by atoms with Crippen LogP contribution in [0.2, 0.25) is 0 Å². The van der Waals surface area contributed by atoms with Gasteiger partial charge in [-0.2, -0.15) is 0 Å². The second kappa shape index (κ2) is 4.74. The number of hydrogen-bond donors (Lipinski definition) is 1. The summed E-state index contributed by atoms with van der Waals surface area (Å²) in [7, 11) is 1.96. The van der Waals surface area contributed by atoms with Gasteiger partial charge in [0.05, 0.1) is 12.2 Å². The maximum atomic E-state index is 12.1. The minimum atomic E-state index is 0.0654. The van der Waals surface area contributed by atoms with Gasteiger partial charge in [0, 0.05) is 7.05 Å². The molecule has 3 heteroatoms. The fourth-order valence-electron chi connectivity index (χ4n) is 3.14. The van der Waals surface area contributed by atoms with E-state index in [1.165, 1.54) is 25.7 Å². The molecule has 1 saturated heterocycles. The zero-order valence-corrected chi connectivity index (χ0v) is 10.7. The average Bonchev–Trinajstić information content (AvgIpc) is 2.81. The van der Waals surface area contributed by atoms with E-state index in [-0.39, 0.29) is 6.04 Å². The molecule has 2 aliphatic rings. The van der Waals surface area contributed by atoms with E-state index in [0.29, 0.717) is 23.9 Å². The topological polar surface area (TPSA) is 32.3 Å². The van der Waals surface area contributed by atoms with E-state index in [2.05, 4.69) is 19.2 Å². The van der Waals surface area contributed by atoms with Crippen molar-refractivity contribution in [1.29, 1.82) is 0 Å². The van der Waals surface area contributed by atoms with Crippen molar-refractivity contribution in [3.8, 4) is 0 Å². The Kier molecular flexibility index (Phi) is 3.53. The first-order valence-corrected chi connectivity index (χ1v) is 6.62. The molecule has 2 unspecified atom stereocenters. The summed E-state index contributed by atoms with van der Waals surface area (Å²) in [5.41, 5.74) is 0. The van der Waals surface area contributed by atoms with Crippen molar-refractivity contribution in [2.45, 2.75) is 58.2 Å². The Morgan fingerprint density at radius 1 is 1.38 bits per heavy atom. The maximum absolute atomic E-state index is 12.1. The molecular formula is C13H24N2O. The second-order valence-electron chi connectivity index (χ2n) is 5.79. The highest BCUT2D eigenvalue weighted by atomic mass is 16.2. The van der Waals surface area contributed by atoms with Crippen LogP contribution in [0, 0.1) is 11.8 Å². The third-order valence-electron chi connectivity index (χ3n) is 3.99. The van der Waals surface area contributed by atoms with Crippen LogP contribution in [0.3, 0.4) is 0 Å². The molecule has 1 heterocycles. The van der Waals surface area contributed by atoms with Crippen LogP contribution in [0.25, 0.3) is 0 Å². The third kappa shape index (κ3) is 2.24. The molecule has 0 bridgehead atoms. The summed E-state index contributed by atoms with van der Waals surface area (Å²) in [6.45, 7) is 4.36. The Balaban J connectivity index is 1.98. The van der Waals surface area contributed by atoms with Gasteiger partial charge >= 0.3 is 0 Å². The summed E-state index contributed by atoms with van der Waals surface area (Å²) >= 11 is 0. The lowest BCUT2D eigenvalue weighted by molar-refractivity contribution is -0.129. The summed E-state index contributed by atoms with van der Waals surface area (Å²) in [6, 6.07) is 0.0654. The number of carbonyl (C=O) groups is 1. The van der Waals surface area contributed by atoms with Crippen molar-refractivity contribution in [2.24, 2.45) is 11.8 Å². The minimum Gasteiger partial charge on any atom is -0.329 e. The van der Waals surface area contributed by atoms with E-state index in [4.69, 9.17) is 0 Å². The first-order chi connectivity index (χ1) is 7.59. The molecule has 2 fully saturated rings. The summed E-state index contributed by atoms with van der Waals surface area (Å²) < 4.78 is 0. The predicted molar refractivity (Wildman–Crippen MR) is 64.9 cm³/mol. The second-order valence-corrected chi connectivity index (χ2v) is 5.79. The molecule has 1 aliphatic carbocycles. The van der Waals surface area contributed by atoms with Crippen molar-refractivity contribution >= 4 is 5.91 Å². The van der Waals surface area contributed by atoms with Gasteiger partial charge in [-0.15, -0.1) is 0 Å². The van der Waals surface area contributed by atoms with Crippen molar-refractivity contribution in [3.63, 3.8) is 0 Å². The minimum absolute atomic E-state index is 0.0654. The van der Waals surface area contributed by atoms with Gasteiger partial charge in [0.25, 0.3) is 0 Å². The quantitative estimate of drug-likeness (QED) is 0.795. The van der Waals surface area contributed by atoms with E-state index in [1.54, 1.807) is 0 Å². The highest BCUT2D eigenvalue weighted by Gasteiger charge is 2.40. The molecule has 0 aromatic heterocycles. The molecular weight excluding hydrogens is 200 g/mol. The van der Waals surface area contributed by atoms with Gasteiger partial charge < -0.3 is 4.90 Å². The van der Waals surface area contributed by atoms with Gasteiger partial charge in [0.1, 0.15) is 0 Å². The van der Waals surface area contributed by atoms with E-state index < -0.39 is 0 Å². The van der Waals surface area contributed by atoms with Crippen LogP contribution in [0.4, 0.5) is 0 Å². The Bertz CT molecular complexity index is 259. The van der Waals surface area contributed by atoms with Crippen molar-refractivity contribution in [3.05, 3.63) is 0 Å². The van der Waals surface area contributed by atoms with Crippen molar-refractivity contribution < 1.29 is 4.79 Å². The molecule has 1 saturated carbocycles. The van der Waals surface area contributed by atoms with Crippen LogP contribution >= 0.6 is 0 Å². The Hall–Kier alpha value is -0.570. The first kappa shape index (κ1) is 11.9. The molecule has 0 aromatic rings. The lowest BCUT2D eigenvalue weighted by Gasteiger charge is -2.25. The van der Waals surface area contributed by atoms with Crippen LogP contribution in [0.5, 0.6) is 0 Å². The molecule has 92 valence electrons. The fraction of sp³-hybridized carbons (Fsp3) is 0.923. The van der Waals surface area contributed by atoms with Gasteiger partial charge in [-0.1, -0.05) is 26.7 Å². The summed E-state index contributed by atoms with van der Waals surface area (Å²) in [5, 5.41) is 3.54. The Labute approximate surface area is 98.6 Å². The number of carbonyl (C=O) groups excluding carboxylic acids is 1. The van der Waals surface area contributed by atoms with Crippen LogP contribution in [0.1, 0.15) is 46.0 Å². The Morgan fingerprint density at radius 3 is 2.56 bits per heavy atom. The number of likely N-dealkylation sites (N-methyl/N-ethyl adjacent to an activating group) is 1. The molecule has 1 aliphatic heterocycles. The van der Waals surface area contributed by atoms with Crippen LogP contribution in [0.15, 0.2) is 0 Å². The molecule has 3 nitrogen and oxygen atoms in total. The fourth-order valence-corrected chi connectivity index (χ4v) is 3.14. The predicted octanol–water partition coefficient (Wildman–Crippen LogP) is 1.98. The largest absolute Gasteiger partial charge is 0.329 e.